The second kappa shape index (κ2) is 13.2. The van der Waals surface area contributed by atoms with Gasteiger partial charge in [-0.05, 0) is 73.9 Å². The minimum Gasteiger partial charge on any atom is -0.508 e. The van der Waals surface area contributed by atoms with Crippen LogP contribution in [-0.2, 0) is 26.2 Å². The number of fused-ring (bicyclic) bond motifs is 5. The summed E-state index contributed by atoms with van der Waals surface area (Å²) < 4.78 is 14.2. The Morgan fingerprint density at radius 1 is 0.948 bits per heavy atom. The first kappa shape index (κ1) is 37.5. The molecule has 2 saturated heterocycles. The van der Waals surface area contributed by atoms with Gasteiger partial charge < -0.3 is 14.6 Å². The van der Waals surface area contributed by atoms with Gasteiger partial charge in [0.2, 0.25) is 23.6 Å². The predicted octanol–water partition coefficient (Wildman–Crippen LogP) is 7.33. The summed E-state index contributed by atoms with van der Waals surface area (Å²) in [5, 5.41) is 28.4. The number of benzene rings is 3. The standard InChI is InChI=1S/C42H36ClN5O9S/c1-19-26-14-20(43)6-13-32(26)58-37(19)29-18-33(45(3)44-29)47-39(51)28-17-27-24(36(42(28,2)41(47)53)35-30(56-4)15-23(49)16-31(35)57-5)11-12-25-34(27)40(52)46(38(25)50)21-7-9-22(10-8-21)48(54)55/h6-11,13-16,18,25,27-28,34,36,49H,12,17H2,1-5H3/t25-,27+,28-,34-,36+,42+/m0/s1. The number of aromatic hydroxyl groups is 1. The van der Waals surface area contributed by atoms with Gasteiger partial charge in [-0.3, -0.25) is 38.9 Å². The highest BCUT2D eigenvalue weighted by Gasteiger charge is 2.68. The zero-order valence-corrected chi connectivity index (χ0v) is 33.5. The van der Waals surface area contributed by atoms with Crippen LogP contribution >= 0.6 is 22.9 Å². The molecule has 2 aromatic heterocycles. The number of hydrogen-bond donors (Lipinski definition) is 1. The molecule has 2 aliphatic carbocycles. The molecular formula is C42H36ClN5O9S. The molecule has 0 spiro atoms. The second-order valence-electron chi connectivity index (χ2n) is 15.4. The summed E-state index contributed by atoms with van der Waals surface area (Å²) in [7, 11) is 4.54. The lowest BCUT2D eigenvalue weighted by Gasteiger charge is -2.49. The van der Waals surface area contributed by atoms with Gasteiger partial charge in [0.05, 0.1) is 52.9 Å². The summed E-state index contributed by atoms with van der Waals surface area (Å²) in [6.45, 7) is 3.73. The highest BCUT2D eigenvalue weighted by Crippen LogP contribution is 2.66. The number of carbonyl (C=O) groups is 4. The minimum absolute atomic E-state index is 0.0812. The van der Waals surface area contributed by atoms with Crippen LogP contribution in [0, 0.1) is 46.1 Å². The van der Waals surface area contributed by atoms with Crippen LogP contribution < -0.4 is 19.3 Å². The van der Waals surface area contributed by atoms with Gasteiger partial charge in [0.1, 0.15) is 28.8 Å². The molecule has 5 aromatic rings. The molecule has 3 aromatic carbocycles. The molecular weight excluding hydrogens is 786 g/mol. The van der Waals surface area contributed by atoms with Crippen molar-refractivity contribution in [2.24, 2.45) is 36.1 Å². The van der Waals surface area contributed by atoms with E-state index in [0.29, 0.717) is 21.9 Å². The fourth-order valence-electron chi connectivity index (χ4n) is 9.94. The van der Waals surface area contributed by atoms with Gasteiger partial charge >= 0.3 is 0 Å². The first-order valence-corrected chi connectivity index (χ1v) is 19.8. The molecule has 4 aliphatic rings. The number of thiophene rings is 1. The second-order valence-corrected chi connectivity index (χ2v) is 16.9. The number of amides is 4. The van der Waals surface area contributed by atoms with Crippen molar-refractivity contribution in [1.82, 2.24) is 9.78 Å². The number of ether oxygens (including phenoxy) is 2. The number of carbonyl (C=O) groups excluding carboxylic acids is 4. The molecule has 9 rings (SSSR count). The van der Waals surface area contributed by atoms with Crippen molar-refractivity contribution in [3.8, 4) is 27.8 Å². The molecule has 16 heteroatoms. The first-order chi connectivity index (χ1) is 27.7. The summed E-state index contributed by atoms with van der Waals surface area (Å²) in [4.78, 5) is 72.9. The lowest BCUT2D eigenvalue weighted by atomic mass is 9.51. The molecule has 2 aliphatic heterocycles. The normalized spacial score (nSPS) is 25.2. The molecule has 0 radical (unpaired) electrons. The average Bonchev–Trinajstić information content (AvgIpc) is 3.87. The van der Waals surface area contributed by atoms with E-state index < -0.39 is 63.6 Å². The van der Waals surface area contributed by atoms with Crippen LogP contribution in [0.2, 0.25) is 5.02 Å². The zero-order valence-electron chi connectivity index (χ0n) is 31.9. The molecule has 296 valence electrons. The van der Waals surface area contributed by atoms with E-state index in [2.05, 4.69) is 0 Å². The zero-order chi connectivity index (χ0) is 41.1. The van der Waals surface area contributed by atoms with Crippen LogP contribution in [0.25, 0.3) is 20.7 Å². The monoisotopic (exact) mass is 821 g/mol. The van der Waals surface area contributed by atoms with Gasteiger partial charge in [-0.25, -0.2) is 4.90 Å². The number of imide groups is 2. The van der Waals surface area contributed by atoms with Gasteiger partial charge in [0.15, 0.2) is 0 Å². The Kier molecular flexibility index (Phi) is 8.57. The third kappa shape index (κ3) is 5.18. The Labute approximate surface area is 340 Å². The number of phenolic OH excluding ortho intramolecular Hbond substituents is 1. The van der Waals surface area contributed by atoms with Crippen molar-refractivity contribution in [2.75, 3.05) is 24.0 Å². The smallest absolute Gasteiger partial charge is 0.269 e. The van der Waals surface area contributed by atoms with Crippen LogP contribution in [0.4, 0.5) is 17.2 Å². The Bertz CT molecular complexity index is 2660. The van der Waals surface area contributed by atoms with Crippen LogP contribution in [0.15, 0.2) is 72.3 Å². The number of nitrogens with zero attached hydrogens (tertiary/aromatic N) is 5. The van der Waals surface area contributed by atoms with Crippen molar-refractivity contribution in [2.45, 2.75) is 32.6 Å². The van der Waals surface area contributed by atoms with Crippen molar-refractivity contribution in [3.63, 3.8) is 0 Å². The summed E-state index contributed by atoms with van der Waals surface area (Å²) in [5.74, 6) is -5.55. The van der Waals surface area contributed by atoms with Gasteiger partial charge in [-0.1, -0.05) is 23.3 Å². The molecule has 4 amide bonds. The lowest BCUT2D eigenvalue weighted by molar-refractivity contribution is -0.384. The largest absolute Gasteiger partial charge is 0.508 e. The van der Waals surface area contributed by atoms with Crippen LogP contribution in [-0.4, -0.2) is 57.7 Å². The van der Waals surface area contributed by atoms with Crippen molar-refractivity contribution in [1.29, 1.82) is 0 Å². The minimum atomic E-state index is -1.46. The van der Waals surface area contributed by atoms with Gasteiger partial charge in [0.25, 0.3) is 5.69 Å². The topological polar surface area (TPSA) is 174 Å². The van der Waals surface area contributed by atoms with E-state index in [4.69, 9.17) is 26.2 Å². The molecule has 0 unspecified atom stereocenters. The fraction of sp³-hybridized carbons (Fsp3) is 0.310. The number of rotatable bonds is 7. The third-order valence-electron chi connectivity index (χ3n) is 12.6. The van der Waals surface area contributed by atoms with Crippen LogP contribution in [0.1, 0.15) is 36.8 Å². The number of aromatic nitrogens is 2. The number of nitro benzene ring substituents is 1. The number of methoxy groups -OCH3 is 2. The van der Waals surface area contributed by atoms with Crippen molar-refractivity contribution >= 4 is 73.8 Å². The number of allylic oxidation sites excluding steroid dienone is 2. The summed E-state index contributed by atoms with van der Waals surface area (Å²) >= 11 is 7.85. The maximum Gasteiger partial charge on any atom is 0.269 e. The number of aryl methyl sites for hydroxylation is 2. The molecule has 58 heavy (non-hydrogen) atoms. The SMILES string of the molecule is COc1cc(O)cc(OC)c1[C@H]1C2=CC[C@@H]3C(=O)N(c4ccc([N+](=O)[O-])cc4)C(=O)[C@@H]3[C@@H]2C[C@H]2C(=O)N(c3cc(-c4sc5ccc(Cl)cc5c4C)nn3C)C(=O)[C@@]12C. The maximum absolute atomic E-state index is 15.3. The Morgan fingerprint density at radius 3 is 2.29 bits per heavy atom. The number of nitro groups is 1. The van der Waals surface area contributed by atoms with E-state index in [9.17, 15) is 24.8 Å². The van der Waals surface area contributed by atoms with Crippen molar-refractivity contribution < 1.29 is 38.7 Å². The molecule has 6 atom stereocenters. The molecule has 1 saturated carbocycles. The van der Waals surface area contributed by atoms with Crippen LogP contribution in [0.3, 0.4) is 0 Å². The van der Waals surface area contributed by atoms with Crippen LogP contribution in [0.5, 0.6) is 17.2 Å². The maximum atomic E-state index is 15.3. The fourth-order valence-corrected chi connectivity index (χ4v) is 11.3. The van der Waals surface area contributed by atoms with E-state index in [-0.39, 0.29) is 47.3 Å². The van der Waals surface area contributed by atoms with E-state index in [1.807, 2.05) is 31.2 Å². The van der Waals surface area contributed by atoms with Gasteiger partial charge in [-0.2, -0.15) is 5.10 Å². The Hall–Kier alpha value is -6.06. The highest BCUT2D eigenvalue weighted by molar-refractivity contribution is 7.22. The number of phenols is 1. The molecule has 0 bridgehead atoms. The van der Waals surface area contributed by atoms with E-state index in [1.165, 1.54) is 71.5 Å². The Morgan fingerprint density at radius 2 is 1.64 bits per heavy atom. The van der Waals surface area contributed by atoms with Gasteiger partial charge in [0, 0.05) is 58.6 Å². The number of anilines is 2. The number of halogens is 1. The van der Waals surface area contributed by atoms with E-state index >= 15 is 9.59 Å². The Balaban J connectivity index is 1.18. The summed E-state index contributed by atoms with van der Waals surface area (Å²) in [5.41, 5.74) is 1.20. The summed E-state index contributed by atoms with van der Waals surface area (Å²) in [6.07, 6.45) is 2.15. The first-order valence-electron chi connectivity index (χ1n) is 18.6. The molecule has 14 nitrogen and oxygen atoms in total. The average molecular weight is 822 g/mol. The van der Waals surface area contributed by atoms with Crippen molar-refractivity contribution in [3.05, 3.63) is 98.6 Å². The quantitative estimate of drug-likeness (QED) is 0.0758. The summed E-state index contributed by atoms with van der Waals surface area (Å²) in [6, 6.07) is 15.5. The predicted molar refractivity (Wildman–Crippen MR) is 215 cm³/mol. The molecule has 1 N–H and O–H groups in total. The van der Waals surface area contributed by atoms with E-state index in [0.717, 1.165) is 25.4 Å². The highest BCUT2D eigenvalue weighted by atomic mass is 35.5. The third-order valence-corrected chi connectivity index (χ3v) is 14.2. The molecule has 3 fully saturated rings. The van der Waals surface area contributed by atoms with E-state index in [1.54, 1.807) is 20.0 Å². The molecule has 4 heterocycles. The lowest BCUT2D eigenvalue weighted by Crippen LogP contribution is -2.49. The van der Waals surface area contributed by atoms with Gasteiger partial charge in [-0.15, -0.1) is 11.3 Å². The number of hydrogen-bond acceptors (Lipinski definition) is 11. The number of non-ortho nitro benzene ring substituents is 1.